The van der Waals surface area contributed by atoms with Gasteiger partial charge in [0.2, 0.25) is 0 Å². The van der Waals surface area contributed by atoms with Gasteiger partial charge in [-0.15, -0.1) is 0 Å². The van der Waals surface area contributed by atoms with Gasteiger partial charge < -0.3 is 4.74 Å². The highest BCUT2D eigenvalue weighted by Crippen LogP contribution is 2.31. The van der Waals surface area contributed by atoms with Crippen LogP contribution in [0.1, 0.15) is 76.7 Å². The second-order valence-corrected chi connectivity index (χ2v) is 6.29. The van der Waals surface area contributed by atoms with Gasteiger partial charge in [-0.05, 0) is 18.9 Å². The Kier molecular flexibility index (Phi) is 10.6. The van der Waals surface area contributed by atoms with Gasteiger partial charge in [0.1, 0.15) is 0 Å². The lowest BCUT2D eigenvalue weighted by molar-refractivity contribution is -0.146. The lowest BCUT2D eigenvalue weighted by atomic mass is 9.83. The number of nitrogens with zero attached hydrogens (tertiary/aromatic N) is 1. The first-order valence-corrected chi connectivity index (χ1v) is 9.35. The lowest BCUT2D eigenvalue weighted by Crippen LogP contribution is -2.23. The maximum Gasteiger partial charge on any atom is 0.323 e. The second-order valence-electron chi connectivity index (χ2n) is 6.29. The Morgan fingerprint density at radius 3 is 2.25 bits per heavy atom. The fourth-order valence-corrected chi connectivity index (χ4v) is 3.09. The average Bonchev–Trinajstić information content (AvgIpc) is 2.61. The minimum absolute atomic E-state index is 0.0779. The zero-order valence-electron chi connectivity index (χ0n) is 15.2. The maximum atomic E-state index is 12.2. The number of carbonyl (C=O) groups excluding carboxylic acids is 1. The van der Waals surface area contributed by atoms with E-state index in [0.717, 1.165) is 24.8 Å². The number of rotatable bonds is 12. The number of carbonyl (C=O) groups is 1. The molecule has 1 aromatic rings. The Morgan fingerprint density at radius 2 is 1.67 bits per heavy atom. The van der Waals surface area contributed by atoms with Crippen molar-refractivity contribution >= 4 is 5.97 Å². The van der Waals surface area contributed by atoms with Gasteiger partial charge in [-0.25, -0.2) is 0 Å². The molecule has 0 aliphatic rings. The molecular formula is C21H31NO2. The Hall–Kier alpha value is -1.82. The van der Waals surface area contributed by atoms with Crippen LogP contribution in [0, 0.1) is 17.2 Å². The van der Waals surface area contributed by atoms with Crippen LogP contribution in [0.15, 0.2) is 30.3 Å². The molecule has 0 amide bonds. The predicted molar refractivity (Wildman–Crippen MR) is 97.5 cm³/mol. The third-order valence-corrected chi connectivity index (χ3v) is 4.43. The van der Waals surface area contributed by atoms with Crippen molar-refractivity contribution in [1.29, 1.82) is 5.26 Å². The van der Waals surface area contributed by atoms with E-state index in [1.54, 1.807) is 6.92 Å². The monoisotopic (exact) mass is 329 g/mol. The van der Waals surface area contributed by atoms with Gasteiger partial charge in [-0.1, -0.05) is 82.2 Å². The van der Waals surface area contributed by atoms with E-state index in [2.05, 4.69) is 13.0 Å². The highest BCUT2D eigenvalue weighted by Gasteiger charge is 2.30. The molecule has 0 aliphatic carbocycles. The van der Waals surface area contributed by atoms with Crippen LogP contribution < -0.4 is 0 Å². The van der Waals surface area contributed by atoms with Crippen molar-refractivity contribution in [2.45, 2.75) is 71.1 Å². The van der Waals surface area contributed by atoms with Gasteiger partial charge in [0, 0.05) is 5.92 Å². The van der Waals surface area contributed by atoms with Crippen LogP contribution >= 0.6 is 0 Å². The molecule has 0 N–H and O–H groups in total. The van der Waals surface area contributed by atoms with E-state index in [0.29, 0.717) is 6.61 Å². The SMILES string of the molecule is CCCCCCCCCC(c1ccccc1)C(C#N)C(=O)OCC. The molecule has 0 saturated carbocycles. The van der Waals surface area contributed by atoms with Crippen molar-refractivity contribution < 1.29 is 9.53 Å². The summed E-state index contributed by atoms with van der Waals surface area (Å²) in [5, 5.41) is 9.50. The van der Waals surface area contributed by atoms with Gasteiger partial charge in [0.25, 0.3) is 0 Å². The summed E-state index contributed by atoms with van der Waals surface area (Å²) in [6.45, 7) is 4.32. The zero-order valence-corrected chi connectivity index (χ0v) is 15.2. The molecule has 24 heavy (non-hydrogen) atoms. The summed E-state index contributed by atoms with van der Waals surface area (Å²) < 4.78 is 5.11. The van der Waals surface area contributed by atoms with Crippen LogP contribution in [-0.4, -0.2) is 12.6 Å². The van der Waals surface area contributed by atoms with Crippen LogP contribution in [0.25, 0.3) is 0 Å². The second kappa shape index (κ2) is 12.6. The van der Waals surface area contributed by atoms with Crippen molar-refractivity contribution in [2.75, 3.05) is 6.61 Å². The third-order valence-electron chi connectivity index (χ3n) is 4.43. The molecule has 0 saturated heterocycles. The number of esters is 1. The van der Waals surface area contributed by atoms with E-state index < -0.39 is 11.9 Å². The van der Waals surface area contributed by atoms with E-state index in [4.69, 9.17) is 4.74 Å². The van der Waals surface area contributed by atoms with Gasteiger partial charge in [-0.3, -0.25) is 4.79 Å². The van der Waals surface area contributed by atoms with Gasteiger partial charge in [0.05, 0.1) is 12.7 Å². The molecule has 0 spiro atoms. The number of hydrogen-bond acceptors (Lipinski definition) is 3. The molecular weight excluding hydrogens is 298 g/mol. The molecule has 132 valence electrons. The van der Waals surface area contributed by atoms with Crippen molar-refractivity contribution in [3.63, 3.8) is 0 Å². The minimum atomic E-state index is -0.715. The highest BCUT2D eigenvalue weighted by atomic mass is 16.5. The molecule has 3 nitrogen and oxygen atoms in total. The zero-order chi connectivity index (χ0) is 17.6. The molecule has 0 aliphatic heterocycles. The van der Waals surface area contributed by atoms with E-state index in [9.17, 15) is 10.1 Å². The fourth-order valence-electron chi connectivity index (χ4n) is 3.09. The molecule has 3 heteroatoms. The molecule has 0 radical (unpaired) electrons. The first kappa shape index (κ1) is 20.2. The van der Waals surface area contributed by atoms with Gasteiger partial charge in [-0.2, -0.15) is 5.26 Å². The molecule has 2 atom stereocenters. The maximum absolute atomic E-state index is 12.2. The van der Waals surface area contributed by atoms with Gasteiger partial charge in [0.15, 0.2) is 5.92 Å². The lowest BCUT2D eigenvalue weighted by Gasteiger charge is -2.21. The summed E-state index contributed by atoms with van der Waals surface area (Å²) >= 11 is 0. The largest absolute Gasteiger partial charge is 0.465 e. The van der Waals surface area contributed by atoms with Crippen LogP contribution in [0.5, 0.6) is 0 Å². The standard InChI is InChI=1S/C21H31NO2/c1-3-5-6-7-8-9-13-16-19(18-14-11-10-12-15-18)20(17-22)21(23)24-4-2/h10-12,14-15,19-20H,3-9,13,16H2,1-2H3. The van der Waals surface area contributed by atoms with Crippen molar-refractivity contribution in [3.05, 3.63) is 35.9 Å². The summed E-state index contributed by atoms with van der Waals surface area (Å²) in [4.78, 5) is 12.2. The van der Waals surface area contributed by atoms with E-state index in [1.165, 1.54) is 32.1 Å². The summed E-state index contributed by atoms with van der Waals surface area (Å²) in [5.74, 6) is -1.19. The number of hydrogen-bond donors (Lipinski definition) is 0. The quantitative estimate of drug-likeness (QED) is 0.370. The van der Waals surface area contributed by atoms with Crippen LogP contribution in [0.4, 0.5) is 0 Å². The normalized spacial score (nSPS) is 13.0. The average molecular weight is 329 g/mol. The smallest absolute Gasteiger partial charge is 0.323 e. The summed E-state index contributed by atoms with van der Waals surface area (Å²) in [7, 11) is 0. The Bertz CT molecular complexity index is 492. The molecule has 0 fully saturated rings. The Balaban J connectivity index is 2.62. The number of nitriles is 1. The minimum Gasteiger partial charge on any atom is -0.465 e. The fraction of sp³-hybridized carbons (Fsp3) is 0.619. The molecule has 0 aromatic heterocycles. The Morgan fingerprint density at radius 1 is 1.04 bits per heavy atom. The van der Waals surface area contributed by atoms with Crippen molar-refractivity contribution in [3.8, 4) is 6.07 Å². The number of ether oxygens (including phenoxy) is 1. The van der Waals surface area contributed by atoms with E-state index in [-0.39, 0.29) is 5.92 Å². The van der Waals surface area contributed by atoms with Crippen LogP contribution in [0.3, 0.4) is 0 Å². The molecule has 0 heterocycles. The van der Waals surface area contributed by atoms with Crippen molar-refractivity contribution in [2.24, 2.45) is 5.92 Å². The summed E-state index contributed by atoms with van der Waals surface area (Å²) in [5.41, 5.74) is 1.06. The predicted octanol–water partition coefficient (Wildman–Crippen LogP) is 5.61. The molecule has 1 rings (SSSR count). The molecule has 2 unspecified atom stereocenters. The van der Waals surface area contributed by atoms with E-state index >= 15 is 0 Å². The summed E-state index contributed by atoms with van der Waals surface area (Å²) in [6, 6.07) is 12.1. The molecule has 1 aromatic carbocycles. The van der Waals surface area contributed by atoms with Crippen LogP contribution in [-0.2, 0) is 9.53 Å². The van der Waals surface area contributed by atoms with Crippen molar-refractivity contribution in [1.82, 2.24) is 0 Å². The summed E-state index contributed by atoms with van der Waals surface area (Å²) in [6.07, 6.45) is 9.46. The third kappa shape index (κ3) is 7.17. The molecule has 0 bridgehead atoms. The highest BCUT2D eigenvalue weighted by molar-refractivity contribution is 5.76. The topological polar surface area (TPSA) is 50.1 Å². The first-order valence-electron chi connectivity index (χ1n) is 9.35. The first-order chi connectivity index (χ1) is 11.7. The van der Waals surface area contributed by atoms with Crippen LogP contribution in [0.2, 0.25) is 0 Å². The number of benzene rings is 1. The van der Waals surface area contributed by atoms with E-state index in [1.807, 2.05) is 30.3 Å². The Labute approximate surface area is 147 Å². The number of unbranched alkanes of at least 4 members (excludes halogenated alkanes) is 6. The van der Waals surface area contributed by atoms with Gasteiger partial charge >= 0.3 is 5.97 Å².